The fraction of sp³-hybridized carbons (Fsp3) is 0.227. The van der Waals surface area contributed by atoms with E-state index in [0.717, 1.165) is 52.5 Å². The molecule has 0 spiro atoms. The third kappa shape index (κ3) is 3.46. The van der Waals surface area contributed by atoms with Crippen LogP contribution < -0.4 is 10.2 Å². The van der Waals surface area contributed by atoms with Gasteiger partial charge in [0, 0.05) is 25.2 Å². The van der Waals surface area contributed by atoms with E-state index in [4.69, 9.17) is 5.26 Å². The molecule has 0 saturated carbocycles. The van der Waals surface area contributed by atoms with E-state index in [2.05, 4.69) is 43.6 Å². The van der Waals surface area contributed by atoms with Crippen molar-refractivity contribution in [3.05, 3.63) is 70.2 Å². The zero-order valence-corrected chi connectivity index (χ0v) is 16.3. The Kier molecular flexibility index (Phi) is 4.80. The molecular formula is C22H19N7. The molecule has 0 atom stereocenters. The number of nitrogens with zero attached hydrogens (tertiary/aromatic N) is 6. The van der Waals surface area contributed by atoms with Gasteiger partial charge in [-0.1, -0.05) is 12.1 Å². The molecule has 0 bridgehead atoms. The molecule has 7 heteroatoms. The van der Waals surface area contributed by atoms with Crippen LogP contribution in [0.4, 0.5) is 17.2 Å². The third-order valence-corrected chi connectivity index (χ3v) is 5.27. The first-order chi connectivity index (χ1) is 14.1. The molecule has 1 aromatic carbocycles. The van der Waals surface area contributed by atoms with Crippen LogP contribution in [0.5, 0.6) is 0 Å². The first-order valence-electron chi connectivity index (χ1n) is 9.33. The monoisotopic (exact) mass is 381 g/mol. The lowest BCUT2D eigenvalue weighted by atomic mass is 10.0. The number of pyridine rings is 1. The van der Waals surface area contributed by atoms with Gasteiger partial charge in [-0.3, -0.25) is 4.98 Å². The number of fused-ring (bicyclic) bond motifs is 1. The van der Waals surface area contributed by atoms with Crippen LogP contribution in [0, 0.1) is 36.5 Å². The summed E-state index contributed by atoms with van der Waals surface area (Å²) in [5.41, 5.74) is 6.57. The highest BCUT2D eigenvalue weighted by Crippen LogP contribution is 2.28. The second kappa shape index (κ2) is 7.57. The zero-order valence-electron chi connectivity index (χ0n) is 16.3. The van der Waals surface area contributed by atoms with Crippen LogP contribution in [-0.4, -0.2) is 21.7 Å². The van der Waals surface area contributed by atoms with Crippen molar-refractivity contribution < 1.29 is 0 Å². The quantitative estimate of drug-likeness (QED) is 0.740. The van der Waals surface area contributed by atoms with Crippen molar-refractivity contribution in [2.24, 2.45) is 0 Å². The van der Waals surface area contributed by atoms with Crippen molar-refractivity contribution >= 4 is 17.2 Å². The number of para-hydroxylation sites is 1. The standard InChI is InChI=1S/C22H19N7/c1-14-15(2)22(28-27-21(14)11-24)29-8-7-19-17(13-29)9-18(12-25-19)26-20-6-4-3-5-16(20)10-23/h3-6,9,12,26H,7-8,13H2,1-2H3. The summed E-state index contributed by atoms with van der Waals surface area (Å²) in [7, 11) is 0. The second-order valence-corrected chi connectivity index (χ2v) is 7.02. The first-order valence-corrected chi connectivity index (χ1v) is 9.33. The lowest BCUT2D eigenvalue weighted by Gasteiger charge is -2.30. The maximum Gasteiger partial charge on any atom is 0.166 e. The Morgan fingerprint density at radius 1 is 1.07 bits per heavy atom. The normalized spacial score (nSPS) is 12.6. The molecule has 7 nitrogen and oxygen atoms in total. The van der Waals surface area contributed by atoms with Gasteiger partial charge in [-0.25, -0.2) is 0 Å². The van der Waals surface area contributed by atoms with Gasteiger partial charge in [-0.2, -0.15) is 10.5 Å². The maximum atomic E-state index is 9.29. The third-order valence-electron chi connectivity index (χ3n) is 5.27. The fourth-order valence-corrected chi connectivity index (χ4v) is 3.52. The topological polar surface area (TPSA) is 102 Å². The Bertz CT molecular complexity index is 1170. The molecular weight excluding hydrogens is 362 g/mol. The van der Waals surface area contributed by atoms with E-state index in [9.17, 15) is 5.26 Å². The Balaban J connectivity index is 1.61. The molecule has 3 heterocycles. The number of rotatable bonds is 3. The molecule has 1 N–H and O–H groups in total. The largest absolute Gasteiger partial charge is 0.353 e. The van der Waals surface area contributed by atoms with E-state index < -0.39 is 0 Å². The van der Waals surface area contributed by atoms with Crippen molar-refractivity contribution in [1.29, 1.82) is 10.5 Å². The minimum Gasteiger partial charge on any atom is -0.353 e. The van der Waals surface area contributed by atoms with Crippen molar-refractivity contribution in [3.63, 3.8) is 0 Å². The number of hydrogen-bond donors (Lipinski definition) is 1. The molecule has 0 aliphatic carbocycles. The van der Waals surface area contributed by atoms with Crippen molar-refractivity contribution in [2.75, 3.05) is 16.8 Å². The van der Waals surface area contributed by atoms with E-state index in [-0.39, 0.29) is 0 Å². The van der Waals surface area contributed by atoms with Gasteiger partial charge in [0.1, 0.15) is 12.1 Å². The van der Waals surface area contributed by atoms with E-state index >= 15 is 0 Å². The van der Waals surface area contributed by atoms with Gasteiger partial charge in [-0.15, -0.1) is 10.2 Å². The minimum atomic E-state index is 0.368. The molecule has 0 unspecified atom stereocenters. The highest BCUT2D eigenvalue weighted by atomic mass is 15.3. The molecule has 0 amide bonds. The first kappa shape index (κ1) is 18.4. The Morgan fingerprint density at radius 3 is 2.69 bits per heavy atom. The lowest BCUT2D eigenvalue weighted by molar-refractivity contribution is 0.692. The van der Waals surface area contributed by atoms with Crippen molar-refractivity contribution in [2.45, 2.75) is 26.8 Å². The zero-order chi connectivity index (χ0) is 20.4. The van der Waals surface area contributed by atoms with E-state index in [1.54, 1.807) is 12.3 Å². The molecule has 29 heavy (non-hydrogen) atoms. The minimum absolute atomic E-state index is 0.368. The summed E-state index contributed by atoms with van der Waals surface area (Å²) < 4.78 is 0. The maximum absolute atomic E-state index is 9.29. The summed E-state index contributed by atoms with van der Waals surface area (Å²) >= 11 is 0. The highest BCUT2D eigenvalue weighted by Gasteiger charge is 2.22. The molecule has 1 aliphatic rings. The van der Waals surface area contributed by atoms with Gasteiger partial charge in [0.25, 0.3) is 0 Å². The molecule has 4 rings (SSSR count). The van der Waals surface area contributed by atoms with Gasteiger partial charge in [0.2, 0.25) is 0 Å². The van der Waals surface area contributed by atoms with Crippen LogP contribution in [0.2, 0.25) is 0 Å². The summed E-state index contributed by atoms with van der Waals surface area (Å²) in [4.78, 5) is 6.79. The van der Waals surface area contributed by atoms with Gasteiger partial charge in [0.15, 0.2) is 11.5 Å². The smallest absolute Gasteiger partial charge is 0.166 e. The van der Waals surface area contributed by atoms with Crippen molar-refractivity contribution in [1.82, 2.24) is 15.2 Å². The number of anilines is 3. The van der Waals surface area contributed by atoms with Crippen LogP contribution in [-0.2, 0) is 13.0 Å². The van der Waals surface area contributed by atoms with E-state index in [1.165, 1.54) is 0 Å². The van der Waals surface area contributed by atoms with Gasteiger partial charge in [0.05, 0.1) is 23.1 Å². The molecule has 0 radical (unpaired) electrons. The summed E-state index contributed by atoms with van der Waals surface area (Å²) in [5.74, 6) is 0.806. The predicted octanol–water partition coefficient (Wildman–Crippen LogP) is 3.54. The van der Waals surface area contributed by atoms with Crippen LogP contribution in [0.15, 0.2) is 36.5 Å². The molecule has 142 valence electrons. The number of hydrogen-bond acceptors (Lipinski definition) is 7. The second-order valence-electron chi connectivity index (χ2n) is 7.02. The lowest BCUT2D eigenvalue weighted by Crippen LogP contribution is -2.32. The van der Waals surface area contributed by atoms with E-state index in [0.29, 0.717) is 17.8 Å². The number of benzene rings is 1. The van der Waals surface area contributed by atoms with Crippen molar-refractivity contribution in [3.8, 4) is 12.1 Å². The van der Waals surface area contributed by atoms with Gasteiger partial charge < -0.3 is 10.2 Å². The molecule has 0 saturated heterocycles. The Labute approximate surface area is 169 Å². The van der Waals surface area contributed by atoms with Crippen LogP contribution in [0.3, 0.4) is 0 Å². The average molecular weight is 381 g/mol. The molecule has 1 aliphatic heterocycles. The van der Waals surface area contributed by atoms with E-state index in [1.807, 2.05) is 32.0 Å². The number of nitrogens with one attached hydrogen (secondary N) is 1. The molecule has 2 aromatic heterocycles. The molecule has 3 aromatic rings. The predicted molar refractivity (Wildman–Crippen MR) is 110 cm³/mol. The van der Waals surface area contributed by atoms with Gasteiger partial charge >= 0.3 is 0 Å². The summed E-state index contributed by atoms with van der Waals surface area (Å²) in [6.07, 6.45) is 2.62. The SMILES string of the molecule is Cc1c(C#N)nnc(N2CCc3ncc(Nc4ccccc4C#N)cc3C2)c1C. The highest BCUT2D eigenvalue weighted by molar-refractivity contribution is 5.66. The Morgan fingerprint density at radius 2 is 1.90 bits per heavy atom. The van der Waals surface area contributed by atoms with Crippen LogP contribution in [0.25, 0.3) is 0 Å². The number of aromatic nitrogens is 3. The summed E-state index contributed by atoms with van der Waals surface area (Å²) in [6.45, 7) is 5.34. The average Bonchev–Trinajstić information content (AvgIpc) is 2.75. The molecule has 0 fully saturated rings. The Hall–Kier alpha value is -3.97. The van der Waals surface area contributed by atoms with Gasteiger partial charge in [-0.05, 0) is 48.7 Å². The number of nitriles is 2. The summed E-state index contributed by atoms with van der Waals surface area (Å²) in [6, 6.07) is 13.8. The fourth-order valence-electron chi connectivity index (χ4n) is 3.52. The van der Waals surface area contributed by atoms with Crippen LogP contribution in [0.1, 0.15) is 33.6 Å². The van der Waals surface area contributed by atoms with Crippen LogP contribution >= 0.6 is 0 Å². The summed E-state index contributed by atoms with van der Waals surface area (Å²) in [5, 5.41) is 30.1.